The van der Waals surface area contributed by atoms with Gasteiger partial charge < -0.3 is 15.6 Å². The molecule has 1 atom stereocenters. The van der Waals surface area contributed by atoms with E-state index in [0.29, 0.717) is 0 Å². The summed E-state index contributed by atoms with van der Waals surface area (Å²) in [5.74, 6) is -2.42. The van der Waals surface area contributed by atoms with Crippen molar-refractivity contribution >= 4 is 30.0 Å². The minimum atomic E-state index is -1.26. The van der Waals surface area contributed by atoms with Gasteiger partial charge in [-0.1, -0.05) is 11.6 Å². The second-order valence-electron chi connectivity index (χ2n) is 2.83. The Kier molecular flexibility index (Phi) is 5.50. The minimum absolute atomic E-state index is 0. The summed E-state index contributed by atoms with van der Waals surface area (Å²) in [6, 6.07) is 0.870. The number of carbonyl (C=O) groups excluding carboxylic acids is 1. The average molecular weight is 270 g/mol. The summed E-state index contributed by atoms with van der Waals surface area (Å²) < 4.78 is 17.4. The van der Waals surface area contributed by atoms with Crippen molar-refractivity contribution in [1.82, 2.24) is 0 Å². The maximum absolute atomic E-state index is 13.0. The molecule has 0 saturated carbocycles. The van der Waals surface area contributed by atoms with E-state index < -0.39 is 23.6 Å². The number of phenolic OH excluding ortho intramolecular Hbond substituents is 1. The van der Waals surface area contributed by atoms with Crippen LogP contribution in [0.4, 0.5) is 4.39 Å². The lowest BCUT2D eigenvalue weighted by Gasteiger charge is -2.12. The molecule has 3 N–H and O–H groups in total. The quantitative estimate of drug-likeness (QED) is 0.803. The van der Waals surface area contributed by atoms with Crippen molar-refractivity contribution in [3.8, 4) is 5.75 Å². The topological polar surface area (TPSA) is 72.5 Å². The van der Waals surface area contributed by atoms with E-state index in [9.17, 15) is 14.3 Å². The second-order valence-corrected chi connectivity index (χ2v) is 3.26. The zero-order chi connectivity index (χ0) is 11.6. The van der Waals surface area contributed by atoms with Crippen LogP contribution in [0.5, 0.6) is 5.75 Å². The third-order valence-corrected chi connectivity index (χ3v) is 2.07. The first-order chi connectivity index (χ1) is 6.97. The Bertz CT molecular complexity index is 401. The molecule has 0 aromatic heterocycles. The number of hydrogen-bond donors (Lipinski definition) is 2. The number of carbonyl (C=O) groups is 1. The highest BCUT2D eigenvalue weighted by atomic mass is 35.5. The van der Waals surface area contributed by atoms with Gasteiger partial charge in [-0.25, -0.2) is 4.39 Å². The summed E-state index contributed by atoms with van der Waals surface area (Å²) in [6.07, 6.45) is 0. The fourth-order valence-corrected chi connectivity index (χ4v) is 1.29. The summed E-state index contributed by atoms with van der Waals surface area (Å²) in [6.45, 7) is 0. The molecule has 0 bridgehead atoms. The molecule has 0 heterocycles. The lowest BCUT2D eigenvalue weighted by atomic mass is 10.1. The lowest BCUT2D eigenvalue weighted by Crippen LogP contribution is -2.22. The molecule has 16 heavy (non-hydrogen) atoms. The van der Waals surface area contributed by atoms with Gasteiger partial charge in [0.2, 0.25) is 0 Å². The number of phenols is 1. The molecule has 0 saturated heterocycles. The Labute approximate surface area is 103 Å². The van der Waals surface area contributed by atoms with Crippen LogP contribution in [0.3, 0.4) is 0 Å². The van der Waals surface area contributed by atoms with Crippen molar-refractivity contribution in [2.24, 2.45) is 5.73 Å². The Morgan fingerprint density at radius 1 is 1.62 bits per heavy atom. The number of esters is 1. The molecule has 0 aliphatic carbocycles. The number of halogens is 3. The predicted octanol–water partition coefficient (Wildman–Crippen LogP) is 1.78. The van der Waals surface area contributed by atoms with Crippen LogP contribution in [0.25, 0.3) is 0 Å². The van der Waals surface area contributed by atoms with E-state index in [2.05, 4.69) is 4.74 Å². The number of nitrogens with two attached hydrogens (primary N) is 1. The normalized spacial score (nSPS) is 11.5. The molecular formula is C9H10Cl2FNO3. The van der Waals surface area contributed by atoms with Crippen molar-refractivity contribution in [3.05, 3.63) is 28.5 Å². The van der Waals surface area contributed by atoms with Gasteiger partial charge in [0.1, 0.15) is 6.04 Å². The predicted molar refractivity (Wildman–Crippen MR) is 59.3 cm³/mol. The fourth-order valence-electron chi connectivity index (χ4n) is 1.08. The molecular weight excluding hydrogens is 260 g/mol. The fraction of sp³-hybridized carbons (Fsp3) is 0.222. The van der Waals surface area contributed by atoms with Crippen LogP contribution in [0.1, 0.15) is 11.6 Å². The van der Waals surface area contributed by atoms with Gasteiger partial charge in [0.25, 0.3) is 0 Å². The average Bonchev–Trinajstić information content (AvgIpc) is 2.21. The monoisotopic (exact) mass is 269 g/mol. The highest BCUT2D eigenvalue weighted by Crippen LogP contribution is 2.29. The van der Waals surface area contributed by atoms with Crippen LogP contribution in [0.2, 0.25) is 5.02 Å². The first-order valence-electron chi connectivity index (χ1n) is 3.98. The standard InChI is InChI=1S/C9H9ClFNO3.ClH/c1-15-9(14)7(12)5-2-4(10)3-6(11)8(5)13;/h2-3,7,13H,12H2,1H3;1H/t7-;/m0./s1. The maximum atomic E-state index is 13.0. The van der Waals surface area contributed by atoms with Crippen LogP contribution >= 0.6 is 24.0 Å². The van der Waals surface area contributed by atoms with Gasteiger partial charge in [-0.05, 0) is 12.1 Å². The molecule has 0 aliphatic rings. The molecule has 0 fully saturated rings. The molecule has 1 aromatic rings. The largest absolute Gasteiger partial charge is 0.505 e. The van der Waals surface area contributed by atoms with Gasteiger partial charge in [0.15, 0.2) is 11.6 Å². The molecule has 0 radical (unpaired) electrons. The number of hydrogen-bond acceptors (Lipinski definition) is 4. The highest BCUT2D eigenvalue weighted by molar-refractivity contribution is 6.30. The molecule has 0 spiro atoms. The Morgan fingerprint density at radius 2 is 2.19 bits per heavy atom. The molecule has 1 aromatic carbocycles. The van der Waals surface area contributed by atoms with E-state index in [1.165, 1.54) is 6.07 Å². The van der Waals surface area contributed by atoms with Crippen molar-refractivity contribution in [1.29, 1.82) is 0 Å². The van der Waals surface area contributed by atoms with E-state index >= 15 is 0 Å². The molecule has 4 nitrogen and oxygen atoms in total. The summed E-state index contributed by atoms with van der Waals surface area (Å²) in [4.78, 5) is 11.1. The van der Waals surface area contributed by atoms with Crippen molar-refractivity contribution in [3.63, 3.8) is 0 Å². The van der Waals surface area contributed by atoms with Crippen molar-refractivity contribution in [2.75, 3.05) is 7.11 Å². The van der Waals surface area contributed by atoms with E-state index in [0.717, 1.165) is 13.2 Å². The van der Waals surface area contributed by atoms with Crippen molar-refractivity contribution in [2.45, 2.75) is 6.04 Å². The van der Waals surface area contributed by atoms with Gasteiger partial charge in [-0.2, -0.15) is 0 Å². The van der Waals surface area contributed by atoms with Crippen molar-refractivity contribution < 1.29 is 19.0 Å². The summed E-state index contributed by atoms with van der Waals surface area (Å²) in [5.41, 5.74) is 5.32. The number of methoxy groups -OCH3 is 1. The Morgan fingerprint density at radius 3 is 2.69 bits per heavy atom. The summed E-state index contributed by atoms with van der Waals surface area (Å²) in [5, 5.41) is 9.36. The second kappa shape index (κ2) is 5.89. The summed E-state index contributed by atoms with van der Waals surface area (Å²) >= 11 is 5.56. The zero-order valence-electron chi connectivity index (χ0n) is 8.24. The van der Waals surface area contributed by atoms with Crippen LogP contribution in [-0.4, -0.2) is 18.2 Å². The van der Waals surface area contributed by atoms with Crippen LogP contribution in [0.15, 0.2) is 12.1 Å². The maximum Gasteiger partial charge on any atom is 0.327 e. The van der Waals surface area contributed by atoms with Gasteiger partial charge in [-0.15, -0.1) is 12.4 Å². The first kappa shape index (κ1) is 15.0. The number of rotatable bonds is 2. The summed E-state index contributed by atoms with van der Waals surface area (Å²) in [7, 11) is 1.14. The van der Waals surface area contributed by atoms with Gasteiger partial charge in [0, 0.05) is 10.6 Å². The van der Waals surface area contributed by atoms with Gasteiger partial charge in [-0.3, -0.25) is 4.79 Å². The van der Waals surface area contributed by atoms with E-state index in [1.807, 2.05) is 0 Å². The molecule has 0 amide bonds. The minimum Gasteiger partial charge on any atom is -0.505 e. The molecule has 90 valence electrons. The first-order valence-corrected chi connectivity index (χ1v) is 4.36. The third kappa shape index (κ3) is 2.98. The van der Waals surface area contributed by atoms with E-state index in [-0.39, 0.29) is 23.0 Å². The lowest BCUT2D eigenvalue weighted by molar-refractivity contribution is -0.142. The van der Waals surface area contributed by atoms with Gasteiger partial charge >= 0.3 is 5.97 Å². The zero-order valence-corrected chi connectivity index (χ0v) is 9.81. The van der Waals surface area contributed by atoms with E-state index in [4.69, 9.17) is 17.3 Å². The molecule has 0 aliphatic heterocycles. The van der Waals surface area contributed by atoms with E-state index in [1.54, 1.807) is 0 Å². The Hall–Kier alpha value is -1.04. The number of aromatic hydroxyl groups is 1. The smallest absolute Gasteiger partial charge is 0.327 e. The van der Waals surface area contributed by atoms with Crippen LogP contribution in [0, 0.1) is 5.82 Å². The van der Waals surface area contributed by atoms with Gasteiger partial charge in [0.05, 0.1) is 7.11 Å². The molecule has 7 heteroatoms. The highest BCUT2D eigenvalue weighted by Gasteiger charge is 2.22. The number of ether oxygens (including phenoxy) is 1. The number of benzene rings is 1. The van der Waals surface area contributed by atoms with Crippen LogP contribution < -0.4 is 5.73 Å². The SMILES string of the molecule is COC(=O)[C@@H](N)c1cc(Cl)cc(F)c1O.Cl. The third-order valence-electron chi connectivity index (χ3n) is 1.85. The molecule has 1 rings (SSSR count). The molecule has 0 unspecified atom stereocenters. The van der Waals surface area contributed by atoms with Crippen LogP contribution in [-0.2, 0) is 9.53 Å². The Balaban J connectivity index is 0.00000225.